The minimum Gasteiger partial charge on any atom is -0.384 e. The molecule has 0 spiro atoms. The first-order valence-corrected chi connectivity index (χ1v) is 10.5. The molecule has 1 aliphatic rings. The minimum absolute atomic E-state index is 0.290. The molecule has 0 amide bonds. The van der Waals surface area contributed by atoms with E-state index in [-0.39, 0.29) is 5.69 Å². The van der Waals surface area contributed by atoms with Crippen LogP contribution in [0.3, 0.4) is 0 Å². The Morgan fingerprint density at radius 2 is 1.73 bits per heavy atom. The molecule has 0 saturated heterocycles. The normalized spacial score (nSPS) is 14.1. The molecule has 0 atom stereocenters. The molecule has 0 bridgehead atoms. The first-order chi connectivity index (χ1) is 14.7. The van der Waals surface area contributed by atoms with Gasteiger partial charge in [0.2, 0.25) is 0 Å². The fraction of sp³-hybridized carbons (Fsp3) is 0.333. The number of pyridine rings is 1. The summed E-state index contributed by atoms with van der Waals surface area (Å²) in [5.41, 5.74) is 4.81. The number of nitrogens with zero attached hydrogens (tertiary/aromatic N) is 4. The van der Waals surface area contributed by atoms with E-state index < -0.39 is 0 Å². The predicted molar refractivity (Wildman–Crippen MR) is 120 cm³/mol. The molecule has 2 N–H and O–H groups in total. The molecule has 1 saturated carbocycles. The van der Waals surface area contributed by atoms with Crippen LogP contribution in [0.5, 0.6) is 0 Å². The highest BCUT2D eigenvalue weighted by Crippen LogP contribution is 2.31. The molecule has 6 heteroatoms. The molecule has 1 aliphatic carbocycles. The lowest BCUT2D eigenvalue weighted by Gasteiger charge is -2.23. The fourth-order valence-electron chi connectivity index (χ4n) is 3.86. The molecular formula is C24H26N6. The van der Waals surface area contributed by atoms with Crippen molar-refractivity contribution in [2.45, 2.75) is 39.0 Å². The van der Waals surface area contributed by atoms with Gasteiger partial charge in [-0.3, -0.25) is 0 Å². The number of hydrogen-bond donors (Lipinski definition) is 2. The number of anilines is 3. The highest BCUT2D eigenvalue weighted by molar-refractivity contribution is 5.79. The summed E-state index contributed by atoms with van der Waals surface area (Å²) in [7, 11) is 0. The summed E-state index contributed by atoms with van der Waals surface area (Å²) < 4.78 is 0. The third-order valence-corrected chi connectivity index (χ3v) is 5.59. The Bertz CT molecular complexity index is 1020. The number of nitriles is 1. The minimum atomic E-state index is 0.290. The van der Waals surface area contributed by atoms with E-state index in [0.29, 0.717) is 11.6 Å². The third-order valence-electron chi connectivity index (χ3n) is 5.59. The van der Waals surface area contributed by atoms with Crippen LogP contribution in [0.15, 0.2) is 48.9 Å². The van der Waals surface area contributed by atoms with Gasteiger partial charge in [-0.1, -0.05) is 49.1 Å². The average Bonchev–Trinajstić information content (AvgIpc) is 2.80. The van der Waals surface area contributed by atoms with Crippen molar-refractivity contribution in [1.82, 2.24) is 15.0 Å². The molecule has 2 aromatic heterocycles. The van der Waals surface area contributed by atoms with Crippen molar-refractivity contribution < 1.29 is 0 Å². The molecule has 2 heterocycles. The Morgan fingerprint density at radius 1 is 0.967 bits per heavy atom. The first-order valence-electron chi connectivity index (χ1n) is 10.5. The lowest BCUT2D eigenvalue weighted by molar-refractivity contribution is 0.373. The van der Waals surface area contributed by atoms with Gasteiger partial charge in [0, 0.05) is 30.1 Å². The zero-order valence-electron chi connectivity index (χ0n) is 17.2. The van der Waals surface area contributed by atoms with Gasteiger partial charge in [0.05, 0.1) is 12.4 Å². The maximum absolute atomic E-state index is 8.88. The number of nitrogens with one attached hydrogen (secondary N) is 2. The molecule has 1 aromatic carbocycles. The van der Waals surface area contributed by atoms with E-state index in [1.54, 1.807) is 6.20 Å². The summed E-state index contributed by atoms with van der Waals surface area (Å²) >= 11 is 0. The van der Waals surface area contributed by atoms with Crippen LogP contribution in [0.1, 0.15) is 43.4 Å². The second kappa shape index (κ2) is 9.36. The molecule has 6 nitrogen and oxygen atoms in total. The maximum atomic E-state index is 8.88. The summed E-state index contributed by atoms with van der Waals surface area (Å²) in [6.45, 7) is 3.06. The van der Waals surface area contributed by atoms with Crippen LogP contribution >= 0.6 is 0 Å². The lowest BCUT2D eigenvalue weighted by Crippen LogP contribution is -2.17. The van der Waals surface area contributed by atoms with Crippen LogP contribution in [0, 0.1) is 24.2 Å². The Balaban J connectivity index is 1.58. The zero-order valence-corrected chi connectivity index (χ0v) is 17.2. The van der Waals surface area contributed by atoms with Crippen LogP contribution in [-0.2, 0) is 0 Å². The van der Waals surface area contributed by atoms with Gasteiger partial charge in [-0.2, -0.15) is 5.26 Å². The first kappa shape index (κ1) is 19.8. The van der Waals surface area contributed by atoms with Crippen molar-refractivity contribution in [3.8, 4) is 17.2 Å². The Hall–Kier alpha value is -3.46. The van der Waals surface area contributed by atoms with Gasteiger partial charge in [-0.05, 0) is 31.2 Å². The largest absolute Gasteiger partial charge is 0.384 e. The quantitative estimate of drug-likeness (QED) is 0.574. The van der Waals surface area contributed by atoms with E-state index in [4.69, 9.17) is 5.26 Å². The van der Waals surface area contributed by atoms with E-state index in [2.05, 4.69) is 56.8 Å². The summed E-state index contributed by atoms with van der Waals surface area (Å²) in [5.74, 6) is 1.97. The van der Waals surface area contributed by atoms with Crippen LogP contribution in [0.4, 0.5) is 17.3 Å². The molecule has 0 unspecified atom stereocenters. The SMILES string of the molecule is Cc1ccc(-c2cnc(Nc3cnc(C#N)cn3)cc2NCC2CCCCC2)cc1. The lowest BCUT2D eigenvalue weighted by atomic mass is 9.89. The van der Waals surface area contributed by atoms with Crippen molar-refractivity contribution in [3.63, 3.8) is 0 Å². The van der Waals surface area contributed by atoms with Gasteiger partial charge in [0.25, 0.3) is 0 Å². The van der Waals surface area contributed by atoms with Crippen LogP contribution in [-0.4, -0.2) is 21.5 Å². The summed E-state index contributed by atoms with van der Waals surface area (Å²) in [4.78, 5) is 12.9. The van der Waals surface area contributed by atoms with Crippen molar-refractivity contribution in [2.75, 3.05) is 17.2 Å². The van der Waals surface area contributed by atoms with Crippen molar-refractivity contribution in [1.29, 1.82) is 5.26 Å². The van der Waals surface area contributed by atoms with Gasteiger partial charge in [-0.15, -0.1) is 0 Å². The monoisotopic (exact) mass is 398 g/mol. The molecule has 152 valence electrons. The Labute approximate surface area is 177 Å². The number of rotatable bonds is 6. The number of hydrogen-bond acceptors (Lipinski definition) is 6. The second-order valence-corrected chi connectivity index (χ2v) is 7.89. The Morgan fingerprint density at radius 3 is 2.43 bits per heavy atom. The maximum Gasteiger partial charge on any atom is 0.158 e. The molecule has 0 aliphatic heterocycles. The molecule has 1 fully saturated rings. The van der Waals surface area contributed by atoms with Gasteiger partial charge in [0.1, 0.15) is 17.7 Å². The third kappa shape index (κ3) is 4.93. The number of aryl methyl sites for hydroxylation is 1. The summed E-state index contributed by atoms with van der Waals surface area (Å²) in [6.07, 6.45) is 11.5. The summed E-state index contributed by atoms with van der Waals surface area (Å²) in [6, 6.07) is 12.5. The fourth-order valence-corrected chi connectivity index (χ4v) is 3.86. The van der Waals surface area contributed by atoms with Crippen LogP contribution < -0.4 is 10.6 Å². The average molecular weight is 399 g/mol. The topological polar surface area (TPSA) is 86.5 Å². The number of aromatic nitrogens is 3. The molecule has 0 radical (unpaired) electrons. The second-order valence-electron chi connectivity index (χ2n) is 7.89. The van der Waals surface area contributed by atoms with Crippen LogP contribution in [0.2, 0.25) is 0 Å². The van der Waals surface area contributed by atoms with E-state index >= 15 is 0 Å². The van der Waals surface area contributed by atoms with Gasteiger partial charge in [-0.25, -0.2) is 15.0 Å². The molecule has 3 aromatic rings. The number of benzene rings is 1. The van der Waals surface area contributed by atoms with Crippen LogP contribution in [0.25, 0.3) is 11.1 Å². The highest BCUT2D eigenvalue weighted by Gasteiger charge is 2.15. The van der Waals surface area contributed by atoms with E-state index in [0.717, 1.165) is 29.3 Å². The van der Waals surface area contributed by atoms with Gasteiger partial charge >= 0.3 is 0 Å². The van der Waals surface area contributed by atoms with Crippen molar-refractivity contribution in [3.05, 3.63) is 60.2 Å². The van der Waals surface area contributed by atoms with E-state index in [9.17, 15) is 0 Å². The molecule has 30 heavy (non-hydrogen) atoms. The Kier molecular flexibility index (Phi) is 6.19. The van der Waals surface area contributed by atoms with Gasteiger partial charge < -0.3 is 10.6 Å². The van der Waals surface area contributed by atoms with E-state index in [1.807, 2.05) is 18.3 Å². The predicted octanol–water partition coefficient (Wildman–Crippen LogP) is 5.45. The van der Waals surface area contributed by atoms with Gasteiger partial charge in [0.15, 0.2) is 5.69 Å². The van der Waals surface area contributed by atoms with Crippen molar-refractivity contribution in [2.24, 2.45) is 5.92 Å². The van der Waals surface area contributed by atoms with E-state index in [1.165, 1.54) is 43.9 Å². The zero-order chi connectivity index (χ0) is 20.8. The van der Waals surface area contributed by atoms with Crippen molar-refractivity contribution >= 4 is 17.3 Å². The highest BCUT2D eigenvalue weighted by atomic mass is 15.1. The summed E-state index contributed by atoms with van der Waals surface area (Å²) in [5, 5.41) is 15.8. The smallest absolute Gasteiger partial charge is 0.158 e. The standard InChI is InChI=1S/C24H26N6/c1-17-7-9-19(10-8-17)21-15-29-23(30-24-16-26-20(12-25)14-28-24)11-22(21)27-13-18-5-3-2-4-6-18/h7-11,14-16,18H,2-6,13H2,1H3,(H2,27,28,29,30). The molecule has 4 rings (SSSR count). The molecular weight excluding hydrogens is 372 g/mol.